The lowest BCUT2D eigenvalue weighted by molar-refractivity contribution is -0.171. The SMILES string of the molecule is COC(=O)[C@]1(C)CCC[C@@]2(C)[C@H](/C=C/c3ccc(-c4cccc(F)c4)cn3)C3(CC[C@@H]21)CO3. The van der Waals surface area contributed by atoms with E-state index in [1.165, 1.54) is 19.2 Å². The summed E-state index contributed by atoms with van der Waals surface area (Å²) in [5.74, 6) is 0.151. The molecule has 2 aromatic rings. The predicted octanol–water partition coefficient (Wildman–Crippen LogP) is 6.07. The number of nitrogens with zero attached hydrogens (tertiary/aromatic N) is 1. The molecule has 0 bridgehead atoms. The third-order valence-corrected chi connectivity index (χ3v) is 8.68. The fourth-order valence-corrected chi connectivity index (χ4v) is 6.91. The number of rotatable bonds is 4. The largest absolute Gasteiger partial charge is 0.469 e. The Hall–Kier alpha value is -2.53. The van der Waals surface area contributed by atoms with Crippen molar-refractivity contribution in [1.29, 1.82) is 0 Å². The van der Waals surface area contributed by atoms with Crippen LogP contribution in [0, 0.1) is 28.5 Å². The maximum atomic E-state index is 13.6. The van der Waals surface area contributed by atoms with Gasteiger partial charge < -0.3 is 9.47 Å². The quantitative estimate of drug-likeness (QED) is 0.420. The van der Waals surface area contributed by atoms with Crippen LogP contribution in [-0.4, -0.2) is 30.3 Å². The van der Waals surface area contributed by atoms with Gasteiger partial charge in [-0.15, -0.1) is 0 Å². The summed E-state index contributed by atoms with van der Waals surface area (Å²) in [7, 11) is 1.50. The third-order valence-electron chi connectivity index (χ3n) is 8.68. The van der Waals surface area contributed by atoms with Crippen molar-refractivity contribution in [3.8, 4) is 11.1 Å². The number of carbonyl (C=O) groups is 1. The van der Waals surface area contributed by atoms with Crippen molar-refractivity contribution in [3.05, 3.63) is 60.2 Å². The van der Waals surface area contributed by atoms with Gasteiger partial charge in [0.2, 0.25) is 0 Å². The number of epoxide rings is 1. The highest BCUT2D eigenvalue weighted by Gasteiger charge is 2.66. The lowest BCUT2D eigenvalue weighted by Crippen LogP contribution is -2.57. The number of aromatic nitrogens is 1. The summed E-state index contributed by atoms with van der Waals surface area (Å²) in [5.41, 5.74) is 1.97. The van der Waals surface area contributed by atoms with Gasteiger partial charge in [0.25, 0.3) is 0 Å². The van der Waals surface area contributed by atoms with E-state index < -0.39 is 5.41 Å². The van der Waals surface area contributed by atoms with Gasteiger partial charge in [-0.1, -0.05) is 37.6 Å². The van der Waals surface area contributed by atoms with Crippen LogP contribution in [0.1, 0.15) is 51.6 Å². The highest BCUT2D eigenvalue weighted by molar-refractivity contribution is 5.77. The molecule has 33 heavy (non-hydrogen) atoms. The molecule has 0 radical (unpaired) electrons. The lowest BCUT2D eigenvalue weighted by Gasteiger charge is -2.58. The molecule has 2 aliphatic carbocycles. The van der Waals surface area contributed by atoms with E-state index >= 15 is 0 Å². The van der Waals surface area contributed by atoms with Gasteiger partial charge in [0.05, 0.1) is 30.4 Å². The molecule has 1 aromatic carbocycles. The molecule has 3 fully saturated rings. The standard InChI is InChI=1S/C28H32FNO3/c1-26-13-5-14-27(2,25(31)32-3)23(26)12-15-28(18-33-28)24(26)11-10-22-9-8-20(17-30-22)19-6-4-7-21(29)16-19/h4,6-11,16-17,23-24H,5,12-15,18H2,1-3H3/b11-10+/t23-,24-,26+,27+,28?/m0/s1. The minimum atomic E-state index is -0.449. The van der Waals surface area contributed by atoms with Gasteiger partial charge in [-0.2, -0.15) is 0 Å². The van der Waals surface area contributed by atoms with E-state index in [-0.39, 0.29) is 34.6 Å². The second-order valence-electron chi connectivity index (χ2n) is 10.5. The fraction of sp³-hybridized carbons (Fsp3) is 0.500. The molecule has 5 atom stereocenters. The molecule has 1 unspecified atom stereocenters. The highest BCUT2D eigenvalue weighted by Crippen LogP contribution is 2.66. The Kier molecular flexibility index (Phi) is 5.43. The maximum absolute atomic E-state index is 13.6. The fourth-order valence-electron chi connectivity index (χ4n) is 6.91. The second-order valence-corrected chi connectivity index (χ2v) is 10.5. The van der Waals surface area contributed by atoms with Crippen LogP contribution >= 0.6 is 0 Å². The molecule has 174 valence electrons. The van der Waals surface area contributed by atoms with Crippen molar-refractivity contribution >= 4 is 12.0 Å². The maximum Gasteiger partial charge on any atom is 0.311 e. The number of carbonyl (C=O) groups excluding carboxylic acids is 1. The first-order valence-corrected chi connectivity index (χ1v) is 11.9. The lowest BCUT2D eigenvalue weighted by atomic mass is 9.46. The molecule has 2 saturated carbocycles. The van der Waals surface area contributed by atoms with Crippen molar-refractivity contribution in [3.63, 3.8) is 0 Å². The van der Waals surface area contributed by atoms with E-state index in [1.807, 2.05) is 18.2 Å². The number of ether oxygens (including phenoxy) is 2. The molecule has 0 amide bonds. The molecule has 2 heterocycles. The number of esters is 1. The normalized spacial score (nSPS) is 35.4. The van der Waals surface area contributed by atoms with Crippen molar-refractivity contribution in [2.75, 3.05) is 13.7 Å². The van der Waals surface area contributed by atoms with Gasteiger partial charge in [0.15, 0.2) is 0 Å². The van der Waals surface area contributed by atoms with E-state index in [1.54, 1.807) is 12.3 Å². The number of halogens is 1. The van der Waals surface area contributed by atoms with Crippen LogP contribution in [0.25, 0.3) is 17.2 Å². The number of hydrogen-bond acceptors (Lipinski definition) is 4. The summed E-state index contributed by atoms with van der Waals surface area (Å²) in [6.07, 6.45) is 11.1. The first kappa shape index (κ1) is 22.3. The number of hydrogen-bond donors (Lipinski definition) is 0. The smallest absolute Gasteiger partial charge is 0.311 e. The number of fused-ring (bicyclic) bond motifs is 1. The average molecular weight is 450 g/mol. The Bertz CT molecular complexity index is 1080. The molecular formula is C28H32FNO3. The van der Waals surface area contributed by atoms with Crippen molar-refractivity contribution < 1.29 is 18.7 Å². The van der Waals surface area contributed by atoms with Gasteiger partial charge >= 0.3 is 5.97 Å². The molecule has 1 aliphatic heterocycles. The molecule has 5 heteroatoms. The zero-order valence-corrected chi connectivity index (χ0v) is 19.6. The van der Waals surface area contributed by atoms with Crippen molar-refractivity contribution in [2.45, 2.75) is 51.6 Å². The second kappa shape index (κ2) is 8.05. The van der Waals surface area contributed by atoms with E-state index in [4.69, 9.17) is 9.47 Å². The molecule has 1 saturated heterocycles. The van der Waals surface area contributed by atoms with Gasteiger partial charge in [-0.25, -0.2) is 4.39 Å². The first-order chi connectivity index (χ1) is 15.8. The number of methoxy groups -OCH3 is 1. The van der Waals surface area contributed by atoms with E-state index in [0.717, 1.165) is 55.5 Å². The summed E-state index contributed by atoms with van der Waals surface area (Å²) in [6.45, 7) is 5.22. The third kappa shape index (κ3) is 3.71. The van der Waals surface area contributed by atoms with Crippen LogP contribution in [0.5, 0.6) is 0 Å². The Morgan fingerprint density at radius 2 is 2.00 bits per heavy atom. The van der Waals surface area contributed by atoms with E-state index in [2.05, 4.69) is 31.0 Å². The topological polar surface area (TPSA) is 51.7 Å². The van der Waals surface area contributed by atoms with Crippen LogP contribution in [0.2, 0.25) is 0 Å². The summed E-state index contributed by atoms with van der Waals surface area (Å²) in [4.78, 5) is 17.4. The molecule has 4 nitrogen and oxygen atoms in total. The van der Waals surface area contributed by atoms with Crippen LogP contribution in [0.15, 0.2) is 48.7 Å². The summed E-state index contributed by atoms with van der Waals surface area (Å²) < 4.78 is 24.9. The van der Waals surface area contributed by atoms with Crippen molar-refractivity contribution in [2.24, 2.45) is 22.7 Å². The van der Waals surface area contributed by atoms with Gasteiger partial charge in [-0.05, 0) is 73.8 Å². The minimum Gasteiger partial charge on any atom is -0.469 e. The molecule has 0 N–H and O–H groups in total. The van der Waals surface area contributed by atoms with Gasteiger partial charge in [0, 0.05) is 17.7 Å². The monoisotopic (exact) mass is 449 g/mol. The zero-order valence-electron chi connectivity index (χ0n) is 19.6. The molecular weight excluding hydrogens is 417 g/mol. The van der Waals surface area contributed by atoms with Gasteiger partial charge in [-0.3, -0.25) is 9.78 Å². The molecule has 5 rings (SSSR count). The first-order valence-electron chi connectivity index (χ1n) is 11.9. The minimum absolute atomic E-state index is 0.0338. The van der Waals surface area contributed by atoms with Crippen LogP contribution in [0.3, 0.4) is 0 Å². The number of pyridine rings is 1. The highest BCUT2D eigenvalue weighted by atomic mass is 19.1. The molecule has 1 spiro atoms. The van der Waals surface area contributed by atoms with Crippen LogP contribution in [0.4, 0.5) is 4.39 Å². The number of benzene rings is 1. The van der Waals surface area contributed by atoms with Crippen LogP contribution < -0.4 is 0 Å². The summed E-state index contributed by atoms with van der Waals surface area (Å²) in [6, 6.07) is 10.5. The Labute approximate surface area is 195 Å². The van der Waals surface area contributed by atoms with E-state index in [9.17, 15) is 9.18 Å². The summed E-state index contributed by atoms with van der Waals surface area (Å²) in [5, 5.41) is 0. The summed E-state index contributed by atoms with van der Waals surface area (Å²) >= 11 is 0. The van der Waals surface area contributed by atoms with Gasteiger partial charge in [0.1, 0.15) is 5.82 Å². The average Bonchev–Trinajstić information content (AvgIpc) is 3.58. The predicted molar refractivity (Wildman–Crippen MR) is 126 cm³/mol. The molecule has 1 aromatic heterocycles. The Morgan fingerprint density at radius 3 is 2.67 bits per heavy atom. The zero-order chi connectivity index (χ0) is 23.3. The Morgan fingerprint density at radius 1 is 1.18 bits per heavy atom. The Balaban J connectivity index is 1.42. The van der Waals surface area contributed by atoms with E-state index in [0.29, 0.717) is 0 Å². The molecule has 3 aliphatic rings. The van der Waals surface area contributed by atoms with Crippen LogP contribution in [-0.2, 0) is 14.3 Å². The van der Waals surface area contributed by atoms with Crippen molar-refractivity contribution in [1.82, 2.24) is 4.98 Å².